The molecule has 28 heavy (non-hydrogen) atoms. The Labute approximate surface area is 168 Å². The van der Waals surface area contributed by atoms with Gasteiger partial charge in [-0.2, -0.15) is 4.98 Å². The minimum atomic E-state index is -0.384. The molecule has 0 saturated heterocycles. The zero-order valence-corrected chi connectivity index (χ0v) is 17.7. The summed E-state index contributed by atoms with van der Waals surface area (Å²) >= 11 is 6.27. The molecule has 6 nitrogen and oxygen atoms in total. The summed E-state index contributed by atoms with van der Waals surface area (Å²) in [5.74, 6) is 0. The minimum Gasteiger partial charge on any atom is -0.305 e. The van der Waals surface area contributed by atoms with Crippen LogP contribution in [0.1, 0.15) is 30.5 Å². The van der Waals surface area contributed by atoms with E-state index in [-0.39, 0.29) is 16.5 Å². The maximum atomic E-state index is 13.1. The van der Waals surface area contributed by atoms with E-state index in [1.807, 2.05) is 33.8 Å². The van der Waals surface area contributed by atoms with Crippen LogP contribution in [0.4, 0.5) is 0 Å². The number of hydrogen-bond donors (Lipinski definition) is 0. The van der Waals surface area contributed by atoms with E-state index in [1.165, 1.54) is 9.13 Å². The fourth-order valence-corrected chi connectivity index (χ4v) is 3.67. The van der Waals surface area contributed by atoms with Crippen LogP contribution in [0.2, 0.25) is 5.28 Å². The standard InChI is InChI=1S/C21H25ClN4O2/c1-13(2)6-8-25-17-18(23-20(25)22)24(5)21(28)26(19(17)27)9-7-16-11-14(3)10-15(4)12-16/h6,10-12H,7-9H2,1-5H3. The van der Waals surface area contributed by atoms with Crippen LogP contribution in [0.5, 0.6) is 0 Å². The molecule has 7 heteroatoms. The van der Waals surface area contributed by atoms with Gasteiger partial charge in [0.1, 0.15) is 0 Å². The molecule has 0 aliphatic heterocycles. The molecule has 2 aromatic heterocycles. The predicted molar refractivity (Wildman–Crippen MR) is 113 cm³/mol. The third kappa shape index (κ3) is 3.83. The maximum absolute atomic E-state index is 13.1. The smallest absolute Gasteiger partial charge is 0.305 e. The van der Waals surface area contributed by atoms with E-state index >= 15 is 0 Å². The largest absolute Gasteiger partial charge is 0.332 e. The number of halogens is 1. The lowest BCUT2D eigenvalue weighted by Crippen LogP contribution is -2.40. The molecule has 3 rings (SSSR count). The van der Waals surface area contributed by atoms with Gasteiger partial charge in [0.2, 0.25) is 5.28 Å². The molecule has 0 aliphatic rings. The van der Waals surface area contributed by atoms with E-state index in [2.05, 4.69) is 23.2 Å². The summed E-state index contributed by atoms with van der Waals surface area (Å²) in [4.78, 5) is 30.2. The summed E-state index contributed by atoms with van der Waals surface area (Å²) in [6.45, 7) is 8.77. The Morgan fingerprint density at radius 3 is 2.36 bits per heavy atom. The first-order chi connectivity index (χ1) is 13.2. The van der Waals surface area contributed by atoms with Gasteiger partial charge in [-0.1, -0.05) is 41.0 Å². The molecule has 2 heterocycles. The van der Waals surface area contributed by atoms with E-state index in [0.717, 1.165) is 22.3 Å². The lowest BCUT2D eigenvalue weighted by Gasteiger charge is -2.10. The van der Waals surface area contributed by atoms with Crippen molar-refractivity contribution < 1.29 is 0 Å². The first kappa shape index (κ1) is 20.1. The lowest BCUT2D eigenvalue weighted by molar-refractivity contribution is 0.600. The highest BCUT2D eigenvalue weighted by atomic mass is 35.5. The summed E-state index contributed by atoms with van der Waals surface area (Å²) in [5, 5.41) is 0.201. The maximum Gasteiger partial charge on any atom is 0.332 e. The number of benzene rings is 1. The third-order valence-corrected chi connectivity index (χ3v) is 5.06. The van der Waals surface area contributed by atoms with Crippen LogP contribution in [0.3, 0.4) is 0 Å². The fraction of sp³-hybridized carbons (Fsp3) is 0.381. The number of imidazole rings is 1. The van der Waals surface area contributed by atoms with Gasteiger partial charge in [0.25, 0.3) is 5.56 Å². The molecule has 0 N–H and O–H groups in total. The summed E-state index contributed by atoms with van der Waals surface area (Å²) < 4.78 is 4.32. The van der Waals surface area contributed by atoms with Crippen molar-refractivity contribution in [2.45, 2.75) is 47.2 Å². The van der Waals surface area contributed by atoms with Crippen molar-refractivity contribution in [1.29, 1.82) is 0 Å². The quantitative estimate of drug-likeness (QED) is 0.487. The van der Waals surface area contributed by atoms with Gasteiger partial charge < -0.3 is 4.57 Å². The van der Waals surface area contributed by atoms with E-state index in [0.29, 0.717) is 30.7 Å². The Kier molecular flexibility index (Phi) is 5.61. The Bertz CT molecular complexity index is 1170. The fourth-order valence-electron chi connectivity index (χ4n) is 3.44. The molecule has 0 saturated carbocycles. The summed E-state index contributed by atoms with van der Waals surface area (Å²) in [7, 11) is 1.62. The second-order valence-electron chi connectivity index (χ2n) is 7.49. The normalized spacial score (nSPS) is 11.2. The number of allylic oxidation sites excluding steroid dienone is 2. The van der Waals surface area contributed by atoms with Gasteiger partial charge in [0.15, 0.2) is 11.2 Å². The van der Waals surface area contributed by atoms with Crippen molar-refractivity contribution in [2.24, 2.45) is 7.05 Å². The van der Waals surface area contributed by atoms with Gasteiger partial charge >= 0.3 is 5.69 Å². The van der Waals surface area contributed by atoms with E-state index in [9.17, 15) is 9.59 Å². The summed E-state index contributed by atoms with van der Waals surface area (Å²) in [6, 6.07) is 6.26. The van der Waals surface area contributed by atoms with Crippen molar-refractivity contribution in [3.63, 3.8) is 0 Å². The first-order valence-corrected chi connectivity index (χ1v) is 9.63. The van der Waals surface area contributed by atoms with Crippen molar-refractivity contribution in [3.05, 3.63) is 72.7 Å². The van der Waals surface area contributed by atoms with Crippen LogP contribution in [0.25, 0.3) is 11.2 Å². The molecule has 0 amide bonds. The number of aryl methyl sites for hydroxylation is 4. The van der Waals surface area contributed by atoms with Crippen LogP contribution in [-0.4, -0.2) is 18.7 Å². The monoisotopic (exact) mass is 400 g/mol. The number of fused-ring (bicyclic) bond motifs is 1. The SMILES string of the molecule is CC(C)=CCn1c(Cl)nc2c1c(=O)n(CCc1cc(C)cc(C)c1)c(=O)n2C. The van der Waals surface area contributed by atoms with Crippen molar-refractivity contribution >= 4 is 22.8 Å². The molecule has 0 atom stereocenters. The Morgan fingerprint density at radius 1 is 1.11 bits per heavy atom. The molecule has 0 bridgehead atoms. The summed E-state index contributed by atoms with van der Waals surface area (Å²) in [6.07, 6.45) is 2.57. The van der Waals surface area contributed by atoms with Crippen molar-refractivity contribution in [3.8, 4) is 0 Å². The van der Waals surface area contributed by atoms with Gasteiger partial charge in [-0.3, -0.25) is 13.9 Å². The van der Waals surface area contributed by atoms with E-state index < -0.39 is 0 Å². The zero-order chi connectivity index (χ0) is 20.6. The Morgan fingerprint density at radius 2 is 1.75 bits per heavy atom. The molecule has 148 valence electrons. The van der Waals surface area contributed by atoms with Crippen LogP contribution < -0.4 is 11.2 Å². The van der Waals surface area contributed by atoms with E-state index in [4.69, 9.17) is 11.6 Å². The van der Waals surface area contributed by atoms with Crippen LogP contribution >= 0.6 is 11.6 Å². The second kappa shape index (κ2) is 7.80. The van der Waals surface area contributed by atoms with Crippen molar-refractivity contribution in [2.75, 3.05) is 0 Å². The molecular formula is C21H25ClN4O2. The van der Waals surface area contributed by atoms with Gasteiger partial charge in [0.05, 0.1) is 0 Å². The Balaban J connectivity index is 2.10. The Hall–Kier alpha value is -2.60. The molecule has 3 aromatic rings. The number of aromatic nitrogens is 4. The van der Waals surface area contributed by atoms with E-state index in [1.54, 1.807) is 11.6 Å². The van der Waals surface area contributed by atoms with Gasteiger partial charge in [-0.25, -0.2) is 4.79 Å². The zero-order valence-electron chi connectivity index (χ0n) is 16.9. The van der Waals surface area contributed by atoms with Crippen molar-refractivity contribution in [1.82, 2.24) is 18.7 Å². The highest BCUT2D eigenvalue weighted by Gasteiger charge is 2.19. The molecule has 0 radical (unpaired) electrons. The molecule has 0 unspecified atom stereocenters. The highest BCUT2D eigenvalue weighted by Crippen LogP contribution is 2.16. The predicted octanol–water partition coefficient (Wildman–Crippen LogP) is 3.38. The molecule has 0 spiro atoms. The minimum absolute atomic E-state index is 0.201. The molecule has 0 fully saturated rings. The van der Waals surface area contributed by atoms with Gasteiger partial charge in [-0.05, 0) is 51.3 Å². The highest BCUT2D eigenvalue weighted by molar-refractivity contribution is 6.29. The topological polar surface area (TPSA) is 61.8 Å². The average molecular weight is 401 g/mol. The van der Waals surface area contributed by atoms with Crippen LogP contribution in [-0.2, 0) is 26.6 Å². The van der Waals surface area contributed by atoms with Crippen LogP contribution in [0.15, 0.2) is 39.4 Å². The number of nitrogens with zero attached hydrogens (tertiary/aromatic N) is 4. The number of hydrogen-bond acceptors (Lipinski definition) is 3. The van der Waals surface area contributed by atoms with Gasteiger partial charge in [0, 0.05) is 20.1 Å². The lowest BCUT2D eigenvalue weighted by atomic mass is 10.1. The molecule has 1 aromatic carbocycles. The summed E-state index contributed by atoms with van der Waals surface area (Å²) in [5.41, 5.74) is 4.46. The van der Waals surface area contributed by atoms with Crippen LogP contribution in [0, 0.1) is 13.8 Å². The first-order valence-electron chi connectivity index (χ1n) is 9.25. The molecule has 0 aliphatic carbocycles. The molecular weight excluding hydrogens is 376 g/mol. The third-order valence-electron chi connectivity index (χ3n) is 4.77. The van der Waals surface area contributed by atoms with Gasteiger partial charge in [-0.15, -0.1) is 0 Å². The second-order valence-corrected chi connectivity index (χ2v) is 7.83. The average Bonchev–Trinajstić information content (AvgIpc) is 2.94. The number of rotatable bonds is 5.